The lowest BCUT2D eigenvalue weighted by Gasteiger charge is -2.10. The molecule has 0 aliphatic heterocycles. The number of aromatic nitrogens is 4. The van der Waals surface area contributed by atoms with E-state index >= 15 is 0 Å². The molecule has 2 aromatic heterocycles. The number of carbonyl (C=O) groups excluding carboxylic acids is 1. The van der Waals surface area contributed by atoms with Gasteiger partial charge in [-0.15, -0.1) is 10.2 Å². The van der Waals surface area contributed by atoms with Crippen LogP contribution in [0.4, 0.5) is 0 Å². The fourth-order valence-electron chi connectivity index (χ4n) is 3.98. The summed E-state index contributed by atoms with van der Waals surface area (Å²) in [6.07, 6.45) is 6.88. The Bertz CT molecular complexity index is 1200. The maximum Gasteiger partial charge on any atom is 0.192 e. The Balaban J connectivity index is 1.39. The van der Waals surface area contributed by atoms with Crippen molar-refractivity contribution in [3.8, 4) is 11.4 Å². The van der Waals surface area contributed by atoms with Crippen molar-refractivity contribution in [3.05, 3.63) is 95.3 Å². The minimum absolute atomic E-state index is 0.124. The zero-order valence-corrected chi connectivity index (χ0v) is 17.9. The van der Waals surface area contributed by atoms with E-state index in [0.29, 0.717) is 12.3 Å². The third kappa shape index (κ3) is 4.30. The lowest BCUT2D eigenvalue weighted by atomic mass is 10.0. The summed E-state index contributed by atoms with van der Waals surface area (Å²) in [5, 5.41) is 9.59. The van der Waals surface area contributed by atoms with Crippen molar-refractivity contribution in [1.29, 1.82) is 0 Å². The van der Waals surface area contributed by atoms with Gasteiger partial charge >= 0.3 is 0 Å². The van der Waals surface area contributed by atoms with Crippen LogP contribution in [0.15, 0.2) is 78.2 Å². The molecular formula is C25H22N4OS. The maximum atomic E-state index is 12.9. The van der Waals surface area contributed by atoms with Gasteiger partial charge in [-0.05, 0) is 54.2 Å². The molecule has 0 bridgehead atoms. The van der Waals surface area contributed by atoms with E-state index in [4.69, 9.17) is 0 Å². The third-order valence-corrected chi connectivity index (χ3v) is 6.56. The van der Waals surface area contributed by atoms with Gasteiger partial charge < -0.3 is 0 Å². The van der Waals surface area contributed by atoms with E-state index in [9.17, 15) is 4.79 Å². The molecule has 2 aromatic carbocycles. The van der Waals surface area contributed by atoms with Crippen LogP contribution in [0.5, 0.6) is 0 Å². The highest BCUT2D eigenvalue weighted by molar-refractivity contribution is 7.99. The highest BCUT2D eigenvalue weighted by atomic mass is 32.2. The van der Waals surface area contributed by atoms with Gasteiger partial charge in [0, 0.05) is 23.5 Å². The molecular weight excluding hydrogens is 404 g/mol. The Morgan fingerprint density at radius 1 is 0.935 bits per heavy atom. The predicted octanol–water partition coefficient (Wildman–Crippen LogP) is 4.85. The molecule has 5 rings (SSSR count). The number of benzene rings is 2. The largest absolute Gasteiger partial charge is 0.298 e. The first kappa shape index (κ1) is 19.7. The van der Waals surface area contributed by atoms with Crippen molar-refractivity contribution in [2.75, 3.05) is 5.75 Å². The van der Waals surface area contributed by atoms with Crippen molar-refractivity contribution in [1.82, 2.24) is 19.7 Å². The second-order valence-corrected chi connectivity index (χ2v) is 8.61. The number of rotatable bonds is 7. The fraction of sp³-hybridized carbons (Fsp3) is 0.200. The molecule has 0 fully saturated rings. The summed E-state index contributed by atoms with van der Waals surface area (Å²) in [5.74, 6) is 1.24. The summed E-state index contributed by atoms with van der Waals surface area (Å²) in [5.41, 5.74) is 5.60. The smallest absolute Gasteiger partial charge is 0.192 e. The quantitative estimate of drug-likeness (QED) is 0.312. The average Bonchev–Trinajstić information content (AvgIpc) is 3.45. The number of thioether (sulfide) groups is 1. The van der Waals surface area contributed by atoms with Gasteiger partial charge in [0.05, 0.1) is 12.3 Å². The normalized spacial score (nSPS) is 12.6. The molecule has 0 spiro atoms. The standard InChI is InChI=1S/C25H22N4OS/c30-23(22-10-9-19-7-4-8-21(19)15-22)17-31-25-28-27-24(20-11-13-26-14-12-20)29(25)16-18-5-2-1-3-6-18/h1-3,5-6,9-15H,4,7-8,16-17H2. The Labute approximate surface area is 185 Å². The van der Waals surface area contributed by atoms with Gasteiger partial charge in [0.1, 0.15) is 0 Å². The highest BCUT2D eigenvalue weighted by Gasteiger charge is 2.18. The first-order valence-electron chi connectivity index (χ1n) is 10.4. The minimum Gasteiger partial charge on any atom is -0.298 e. The second-order valence-electron chi connectivity index (χ2n) is 7.66. The van der Waals surface area contributed by atoms with Crippen LogP contribution in [0, 0.1) is 0 Å². The van der Waals surface area contributed by atoms with Gasteiger partial charge in [0.25, 0.3) is 0 Å². The zero-order valence-electron chi connectivity index (χ0n) is 17.1. The number of hydrogen-bond acceptors (Lipinski definition) is 5. The van der Waals surface area contributed by atoms with Crippen LogP contribution < -0.4 is 0 Å². The zero-order chi connectivity index (χ0) is 21.0. The van der Waals surface area contributed by atoms with Gasteiger partial charge in [-0.2, -0.15) is 0 Å². The van der Waals surface area contributed by atoms with Crippen LogP contribution in [0.25, 0.3) is 11.4 Å². The van der Waals surface area contributed by atoms with E-state index in [-0.39, 0.29) is 5.78 Å². The topological polar surface area (TPSA) is 60.7 Å². The molecule has 0 unspecified atom stereocenters. The van der Waals surface area contributed by atoms with Crippen molar-refractivity contribution < 1.29 is 4.79 Å². The number of fused-ring (bicyclic) bond motifs is 1. The third-order valence-electron chi connectivity index (χ3n) is 5.59. The molecule has 0 N–H and O–H groups in total. The lowest BCUT2D eigenvalue weighted by molar-refractivity contribution is 0.102. The molecule has 0 radical (unpaired) electrons. The van der Waals surface area contributed by atoms with Crippen LogP contribution >= 0.6 is 11.8 Å². The van der Waals surface area contributed by atoms with Crippen LogP contribution in [0.2, 0.25) is 0 Å². The minimum atomic E-state index is 0.124. The molecule has 0 saturated carbocycles. The summed E-state index contributed by atoms with van der Waals surface area (Å²) in [6, 6.07) is 20.2. The maximum absolute atomic E-state index is 12.9. The van der Waals surface area contributed by atoms with Gasteiger partial charge in [0.15, 0.2) is 16.8 Å². The molecule has 1 aliphatic rings. The number of nitrogens with zero attached hydrogens (tertiary/aromatic N) is 4. The van der Waals surface area contributed by atoms with E-state index in [2.05, 4.69) is 44.0 Å². The highest BCUT2D eigenvalue weighted by Crippen LogP contribution is 2.27. The molecule has 0 saturated heterocycles. The lowest BCUT2D eigenvalue weighted by Crippen LogP contribution is -2.07. The summed E-state index contributed by atoms with van der Waals surface area (Å²) in [6.45, 7) is 0.640. The van der Waals surface area contributed by atoms with Crippen LogP contribution in [0.1, 0.15) is 33.5 Å². The van der Waals surface area contributed by atoms with Gasteiger partial charge in [0.2, 0.25) is 0 Å². The fourth-order valence-corrected chi connectivity index (χ4v) is 4.81. The molecule has 31 heavy (non-hydrogen) atoms. The first-order valence-corrected chi connectivity index (χ1v) is 11.4. The molecule has 0 amide bonds. The Hall–Kier alpha value is -3.25. The van der Waals surface area contributed by atoms with Gasteiger partial charge in [-0.25, -0.2) is 0 Å². The Kier molecular flexibility index (Phi) is 5.63. The van der Waals surface area contributed by atoms with Crippen molar-refractivity contribution >= 4 is 17.5 Å². The number of pyridine rings is 1. The van der Waals surface area contributed by atoms with Crippen LogP contribution in [-0.2, 0) is 19.4 Å². The van der Waals surface area contributed by atoms with Crippen molar-refractivity contribution in [3.63, 3.8) is 0 Å². The summed E-state index contributed by atoms with van der Waals surface area (Å²) < 4.78 is 2.07. The molecule has 6 heteroatoms. The monoisotopic (exact) mass is 426 g/mol. The Morgan fingerprint density at radius 3 is 2.58 bits per heavy atom. The van der Waals surface area contributed by atoms with E-state index in [0.717, 1.165) is 40.5 Å². The second kappa shape index (κ2) is 8.86. The molecule has 2 heterocycles. The predicted molar refractivity (Wildman–Crippen MR) is 122 cm³/mol. The molecule has 4 aromatic rings. The molecule has 5 nitrogen and oxygen atoms in total. The van der Waals surface area contributed by atoms with Gasteiger partial charge in [-0.3, -0.25) is 14.3 Å². The summed E-state index contributed by atoms with van der Waals surface area (Å²) >= 11 is 1.44. The van der Waals surface area contributed by atoms with E-state index in [1.165, 1.54) is 29.3 Å². The van der Waals surface area contributed by atoms with Crippen molar-refractivity contribution in [2.24, 2.45) is 0 Å². The first-order chi connectivity index (χ1) is 15.3. The number of aryl methyl sites for hydroxylation is 2. The van der Waals surface area contributed by atoms with Crippen LogP contribution in [0.3, 0.4) is 0 Å². The molecule has 1 aliphatic carbocycles. The van der Waals surface area contributed by atoms with Gasteiger partial charge in [-0.1, -0.05) is 54.2 Å². The summed E-state index contributed by atoms with van der Waals surface area (Å²) in [4.78, 5) is 17.0. The van der Waals surface area contributed by atoms with E-state index in [1.54, 1.807) is 12.4 Å². The SMILES string of the molecule is O=C(CSc1nnc(-c2ccncc2)n1Cc1ccccc1)c1ccc2c(c1)CCC2. The number of Topliss-reactive ketones (excluding diaryl/α,β-unsaturated/α-hetero) is 1. The van der Waals surface area contributed by atoms with E-state index in [1.807, 2.05) is 36.4 Å². The Morgan fingerprint density at radius 2 is 1.74 bits per heavy atom. The number of ketones is 1. The summed E-state index contributed by atoms with van der Waals surface area (Å²) in [7, 11) is 0. The number of hydrogen-bond donors (Lipinski definition) is 0. The van der Waals surface area contributed by atoms with Crippen LogP contribution in [-0.4, -0.2) is 31.3 Å². The average molecular weight is 427 g/mol. The van der Waals surface area contributed by atoms with Crippen molar-refractivity contribution in [2.45, 2.75) is 31.0 Å². The van der Waals surface area contributed by atoms with E-state index < -0.39 is 0 Å². The molecule has 0 atom stereocenters. The number of carbonyl (C=O) groups is 1. The molecule has 154 valence electrons.